The van der Waals surface area contributed by atoms with Gasteiger partial charge in [0.2, 0.25) is 0 Å². The third kappa shape index (κ3) is 3.46. The van der Waals surface area contributed by atoms with Crippen LogP contribution in [0.2, 0.25) is 5.02 Å². The topological polar surface area (TPSA) is 38.7 Å². The van der Waals surface area contributed by atoms with E-state index in [2.05, 4.69) is 0 Å². The third-order valence-electron chi connectivity index (χ3n) is 3.14. The fraction of sp³-hybridized carbons (Fsp3) is 0.250. The Morgan fingerprint density at radius 1 is 1.05 bits per heavy atom. The average molecular weight is 323 g/mol. The van der Waals surface area contributed by atoms with Gasteiger partial charge < -0.3 is 14.6 Å². The lowest BCUT2D eigenvalue weighted by Gasteiger charge is -2.11. The van der Waals surface area contributed by atoms with Crippen molar-refractivity contribution in [2.45, 2.75) is 22.8 Å². The fourth-order valence-corrected chi connectivity index (χ4v) is 3.25. The molecule has 0 fully saturated rings. The summed E-state index contributed by atoms with van der Waals surface area (Å²) in [7, 11) is 0. The zero-order chi connectivity index (χ0) is 14.7. The number of halogens is 1. The molecule has 1 N–H and O–H groups in total. The van der Waals surface area contributed by atoms with Gasteiger partial charge in [-0.25, -0.2) is 0 Å². The van der Waals surface area contributed by atoms with Gasteiger partial charge in [0, 0.05) is 21.2 Å². The van der Waals surface area contributed by atoms with Crippen molar-refractivity contribution >= 4 is 23.4 Å². The van der Waals surface area contributed by atoms with Gasteiger partial charge in [0.1, 0.15) is 0 Å². The third-order valence-corrected chi connectivity index (χ3v) is 4.48. The van der Waals surface area contributed by atoms with Crippen molar-refractivity contribution in [3.63, 3.8) is 0 Å². The van der Waals surface area contributed by atoms with E-state index in [1.807, 2.05) is 30.3 Å². The molecule has 21 heavy (non-hydrogen) atoms. The van der Waals surface area contributed by atoms with Crippen LogP contribution in [-0.2, 0) is 6.61 Å². The predicted molar refractivity (Wildman–Crippen MR) is 83.5 cm³/mol. The number of benzene rings is 2. The fourth-order valence-electron chi connectivity index (χ4n) is 2.11. The summed E-state index contributed by atoms with van der Waals surface area (Å²) in [6, 6.07) is 11.4. The second kappa shape index (κ2) is 6.60. The Kier molecular flexibility index (Phi) is 4.58. The number of hydrogen-bond acceptors (Lipinski definition) is 4. The van der Waals surface area contributed by atoms with Gasteiger partial charge in [0.15, 0.2) is 11.5 Å². The summed E-state index contributed by atoms with van der Waals surface area (Å²) >= 11 is 7.53. The second-order valence-corrected chi connectivity index (χ2v) is 6.22. The van der Waals surface area contributed by atoms with Crippen molar-refractivity contribution < 1.29 is 14.6 Å². The first-order valence-corrected chi connectivity index (χ1v) is 7.92. The Morgan fingerprint density at radius 2 is 1.86 bits per heavy atom. The van der Waals surface area contributed by atoms with Gasteiger partial charge in [0.05, 0.1) is 19.8 Å². The molecule has 5 heteroatoms. The molecule has 0 radical (unpaired) electrons. The number of hydrogen-bond donors (Lipinski definition) is 1. The molecule has 0 aliphatic carbocycles. The zero-order valence-corrected chi connectivity index (χ0v) is 12.9. The van der Waals surface area contributed by atoms with Crippen LogP contribution in [0, 0.1) is 0 Å². The first-order chi connectivity index (χ1) is 10.3. The van der Waals surface area contributed by atoms with Crippen LogP contribution in [0.4, 0.5) is 0 Å². The van der Waals surface area contributed by atoms with Gasteiger partial charge in [-0.15, -0.1) is 0 Å². The van der Waals surface area contributed by atoms with Gasteiger partial charge >= 0.3 is 0 Å². The zero-order valence-electron chi connectivity index (χ0n) is 11.3. The first-order valence-electron chi connectivity index (χ1n) is 6.73. The van der Waals surface area contributed by atoms with Crippen LogP contribution < -0.4 is 9.47 Å². The van der Waals surface area contributed by atoms with E-state index in [0.717, 1.165) is 33.3 Å². The van der Waals surface area contributed by atoms with E-state index in [4.69, 9.17) is 21.1 Å². The highest BCUT2D eigenvalue weighted by Gasteiger charge is 2.12. The largest absolute Gasteiger partial charge is 0.490 e. The van der Waals surface area contributed by atoms with Crippen LogP contribution in [-0.4, -0.2) is 18.3 Å². The summed E-state index contributed by atoms with van der Waals surface area (Å²) in [4.78, 5) is 2.02. The Bertz CT molecular complexity index is 645. The minimum absolute atomic E-state index is 0.0343. The van der Waals surface area contributed by atoms with Crippen LogP contribution in [0.15, 0.2) is 46.2 Å². The molecule has 3 rings (SSSR count). The smallest absolute Gasteiger partial charge is 0.162 e. The van der Waals surface area contributed by atoms with Gasteiger partial charge in [-0.1, -0.05) is 23.4 Å². The van der Waals surface area contributed by atoms with Crippen molar-refractivity contribution in [3.05, 3.63) is 47.0 Å². The highest BCUT2D eigenvalue weighted by Crippen LogP contribution is 2.38. The van der Waals surface area contributed by atoms with Crippen molar-refractivity contribution in [2.75, 3.05) is 13.2 Å². The summed E-state index contributed by atoms with van der Waals surface area (Å²) in [6.07, 6.45) is 0.892. The molecule has 110 valence electrons. The van der Waals surface area contributed by atoms with Crippen LogP contribution in [0.1, 0.15) is 12.0 Å². The summed E-state index contributed by atoms with van der Waals surface area (Å²) in [5.41, 5.74) is 0.819. The quantitative estimate of drug-likeness (QED) is 0.921. The maximum absolute atomic E-state index is 9.43. The van der Waals surface area contributed by atoms with Crippen molar-refractivity contribution in [3.8, 4) is 11.5 Å². The van der Waals surface area contributed by atoms with Crippen LogP contribution in [0.3, 0.4) is 0 Å². The number of aliphatic hydroxyl groups excluding tert-OH is 1. The molecule has 2 aromatic carbocycles. The average Bonchev–Trinajstić information content (AvgIpc) is 2.74. The second-order valence-electron chi connectivity index (χ2n) is 4.67. The van der Waals surface area contributed by atoms with E-state index >= 15 is 0 Å². The molecule has 0 aromatic heterocycles. The molecule has 0 atom stereocenters. The van der Waals surface area contributed by atoms with Crippen molar-refractivity contribution in [1.82, 2.24) is 0 Å². The van der Waals surface area contributed by atoms with Crippen molar-refractivity contribution in [2.24, 2.45) is 0 Å². The molecule has 1 aliphatic heterocycles. The minimum Gasteiger partial charge on any atom is -0.490 e. The normalized spacial score (nSPS) is 13.8. The molecule has 0 unspecified atom stereocenters. The van der Waals surface area contributed by atoms with E-state index in [1.165, 1.54) is 0 Å². The summed E-state index contributed by atoms with van der Waals surface area (Å²) in [6.45, 7) is 1.32. The van der Waals surface area contributed by atoms with Gasteiger partial charge in [-0.3, -0.25) is 0 Å². The lowest BCUT2D eigenvalue weighted by Crippen LogP contribution is -1.97. The molecule has 3 nitrogen and oxygen atoms in total. The highest BCUT2D eigenvalue weighted by molar-refractivity contribution is 7.99. The van der Waals surface area contributed by atoms with E-state index in [9.17, 15) is 5.11 Å². The van der Waals surface area contributed by atoms with Gasteiger partial charge in [-0.2, -0.15) is 0 Å². The lowest BCUT2D eigenvalue weighted by atomic mass is 10.2. The van der Waals surface area contributed by atoms with Gasteiger partial charge in [0.25, 0.3) is 0 Å². The minimum atomic E-state index is -0.0343. The standard InChI is InChI=1S/C16H15ClO3S/c17-12-2-5-16(11(8-12)10-18)21-13-3-4-14-15(9-13)20-7-1-6-19-14/h2-5,8-9,18H,1,6-7,10H2. The number of ether oxygens (including phenoxy) is 2. The maximum atomic E-state index is 9.43. The molecule has 0 bridgehead atoms. The summed E-state index contributed by atoms with van der Waals surface area (Å²) in [5.74, 6) is 1.56. The number of aliphatic hydroxyl groups is 1. The van der Waals surface area contributed by atoms with Crippen LogP contribution in [0.5, 0.6) is 11.5 Å². The Hall–Kier alpha value is -1.36. The summed E-state index contributed by atoms with van der Waals surface area (Å²) < 4.78 is 11.3. The van der Waals surface area contributed by atoms with E-state index in [-0.39, 0.29) is 6.61 Å². The Balaban J connectivity index is 1.87. The SMILES string of the molecule is OCc1cc(Cl)ccc1Sc1ccc2c(c1)OCCCO2. The molecule has 1 heterocycles. The number of rotatable bonds is 3. The maximum Gasteiger partial charge on any atom is 0.162 e. The number of fused-ring (bicyclic) bond motifs is 1. The van der Waals surface area contributed by atoms with Crippen molar-refractivity contribution in [1.29, 1.82) is 0 Å². The molecule has 1 aliphatic rings. The van der Waals surface area contributed by atoms with Crippen LogP contribution >= 0.6 is 23.4 Å². The molecule has 0 spiro atoms. The molecule has 0 saturated heterocycles. The van der Waals surface area contributed by atoms with E-state index < -0.39 is 0 Å². The predicted octanol–water partition coefficient (Wildman–Crippen LogP) is 4.14. The molecule has 0 amide bonds. The Morgan fingerprint density at radius 3 is 2.67 bits per heavy atom. The Labute approximate surface area is 132 Å². The monoisotopic (exact) mass is 322 g/mol. The van der Waals surface area contributed by atoms with Crippen LogP contribution in [0.25, 0.3) is 0 Å². The summed E-state index contributed by atoms with van der Waals surface area (Å²) in [5, 5.41) is 10.1. The van der Waals surface area contributed by atoms with Gasteiger partial charge in [-0.05, 0) is 42.0 Å². The highest BCUT2D eigenvalue weighted by atomic mass is 35.5. The molecule has 0 saturated carbocycles. The molecule has 2 aromatic rings. The van der Waals surface area contributed by atoms with E-state index in [1.54, 1.807) is 17.8 Å². The first kappa shape index (κ1) is 14.6. The molecular weight excluding hydrogens is 308 g/mol. The molecular formula is C16H15ClO3S. The van der Waals surface area contributed by atoms with E-state index in [0.29, 0.717) is 18.2 Å². The lowest BCUT2D eigenvalue weighted by molar-refractivity contribution is 0.279.